The lowest BCUT2D eigenvalue weighted by Gasteiger charge is -2.06. The van der Waals surface area contributed by atoms with Gasteiger partial charge in [-0.25, -0.2) is 0 Å². The minimum Gasteiger partial charge on any atom is -0.289 e. The maximum atomic E-state index is 12.7. The summed E-state index contributed by atoms with van der Waals surface area (Å²) in [5, 5.41) is 9.32. The number of ketones is 1. The number of carbonyl (C=O) groups excluding carboxylic acids is 1. The van der Waals surface area contributed by atoms with Crippen LogP contribution in [-0.2, 0) is 0 Å². The van der Waals surface area contributed by atoms with Crippen molar-refractivity contribution in [2.45, 2.75) is 0 Å². The minimum absolute atomic E-state index is 0.130. The Balaban J connectivity index is 1.95. The fraction of sp³-hybridized carbons (Fsp3) is 0. The SMILES string of the molecule is N#Cc1ccc(C=Nc2ccc(Cl)cc2C(=O)c2ccccc2)cc1. The van der Waals surface area contributed by atoms with E-state index in [2.05, 4.69) is 11.1 Å². The smallest absolute Gasteiger partial charge is 0.195 e. The van der Waals surface area contributed by atoms with Gasteiger partial charge in [0.25, 0.3) is 0 Å². The van der Waals surface area contributed by atoms with Crippen molar-refractivity contribution in [3.63, 3.8) is 0 Å². The van der Waals surface area contributed by atoms with Crippen LogP contribution in [0, 0.1) is 11.3 Å². The van der Waals surface area contributed by atoms with E-state index >= 15 is 0 Å². The molecule has 0 saturated heterocycles. The summed E-state index contributed by atoms with van der Waals surface area (Å²) in [5.74, 6) is -0.130. The van der Waals surface area contributed by atoms with Crippen LogP contribution in [0.3, 0.4) is 0 Å². The van der Waals surface area contributed by atoms with Gasteiger partial charge < -0.3 is 0 Å². The second kappa shape index (κ2) is 7.57. The molecule has 0 aliphatic rings. The third kappa shape index (κ3) is 4.00. The number of nitrogens with zero attached hydrogens (tertiary/aromatic N) is 2. The summed E-state index contributed by atoms with van der Waals surface area (Å²) in [6.45, 7) is 0. The predicted molar refractivity (Wildman–Crippen MR) is 99.7 cm³/mol. The molecule has 0 heterocycles. The Morgan fingerprint density at radius 1 is 1.00 bits per heavy atom. The fourth-order valence-corrected chi connectivity index (χ4v) is 2.51. The van der Waals surface area contributed by atoms with Gasteiger partial charge in [-0.2, -0.15) is 5.26 Å². The molecule has 3 rings (SSSR count). The number of aliphatic imine (C=N–C) groups is 1. The Kier molecular flexibility index (Phi) is 5.03. The van der Waals surface area contributed by atoms with E-state index in [-0.39, 0.29) is 5.78 Å². The van der Waals surface area contributed by atoms with Gasteiger partial charge in [-0.3, -0.25) is 9.79 Å². The van der Waals surface area contributed by atoms with Crippen molar-refractivity contribution < 1.29 is 4.79 Å². The van der Waals surface area contributed by atoms with Crippen LogP contribution in [0.5, 0.6) is 0 Å². The van der Waals surface area contributed by atoms with Crippen molar-refractivity contribution in [2.24, 2.45) is 4.99 Å². The molecule has 0 radical (unpaired) electrons. The zero-order valence-electron chi connectivity index (χ0n) is 13.2. The van der Waals surface area contributed by atoms with Crippen molar-refractivity contribution in [3.8, 4) is 6.07 Å². The Morgan fingerprint density at radius 3 is 2.40 bits per heavy atom. The van der Waals surface area contributed by atoms with Crippen LogP contribution in [0.2, 0.25) is 5.02 Å². The molecule has 3 aromatic rings. The van der Waals surface area contributed by atoms with Crippen molar-refractivity contribution >= 4 is 29.3 Å². The third-order valence-corrected chi connectivity index (χ3v) is 3.87. The summed E-state index contributed by atoms with van der Waals surface area (Å²) in [4.78, 5) is 17.2. The molecule has 0 bridgehead atoms. The van der Waals surface area contributed by atoms with E-state index in [1.54, 1.807) is 60.8 Å². The zero-order chi connectivity index (χ0) is 17.6. The monoisotopic (exact) mass is 344 g/mol. The number of benzene rings is 3. The molecular formula is C21H13ClN2O. The van der Waals surface area contributed by atoms with Crippen molar-refractivity contribution in [3.05, 3.63) is 100 Å². The number of rotatable bonds is 4. The molecule has 0 unspecified atom stereocenters. The van der Waals surface area contributed by atoms with Crippen LogP contribution >= 0.6 is 11.6 Å². The molecule has 0 fully saturated rings. The summed E-state index contributed by atoms with van der Waals surface area (Å²) < 4.78 is 0. The van der Waals surface area contributed by atoms with E-state index in [1.165, 1.54) is 0 Å². The topological polar surface area (TPSA) is 53.2 Å². The lowest BCUT2D eigenvalue weighted by atomic mass is 10.0. The lowest BCUT2D eigenvalue weighted by Crippen LogP contribution is -2.01. The molecule has 0 aliphatic heterocycles. The van der Waals surface area contributed by atoms with Crippen LogP contribution in [0.15, 0.2) is 77.8 Å². The number of nitriles is 1. The summed E-state index contributed by atoms with van der Waals surface area (Å²) in [5.41, 5.74) is 3.00. The molecule has 0 atom stereocenters. The summed E-state index contributed by atoms with van der Waals surface area (Å²) in [6.07, 6.45) is 1.66. The maximum absolute atomic E-state index is 12.7. The molecule has 3 aromatic carbocycles. The Hall–Kier alpha value is -3.22. The largest absolute Gasteiger partial charge is 0.289 e. The molecule has 4 heteroatoms. The Bertz CT molecular complexity index is 971. The first-order valence-electron chi connectivity index (χ1n) is 7.61. The van der Waals surface area contributed by atoms with Gasteiger partial charge in [-0.1, -0.05) is 54.1 Å². The second-order valence-electron chi connectivity index (χ2n) is 5.35. The van der Waals surface area contributed by atoms with Crippen LogP contribution in [0.1, 0.15) is 27.0 Å². The highest BCUT2D eigenvalue weighted by Gasteiger charge is 2.13. The third-order valence-electron chi connectivity index (χ3n) is 3.63. The molecule has 0 N–H and O–H groups in total. The molecule has 0 spiro atoms. The van der Waals surface area contributed by atoms with E-state index < -0.39 is 0 Å². The van der Waals surface area contributed by atoms with E-state index in [0.717, 1.165) is 5.56 Å². The molecule has 0 saturated carbocycles. The number of halogens is 1. The van der Waals surface area contributed by atoms with Gasteiger partial charge in [-0.15, -0.1) is 0 Å². The molecule has 0 aromatic heterocycles. The van der Waals surface area contributed by atoms with Crippen molar-refractivity contribution in [1.82, 2.24) is 0 Å². The first-order valence-corrected chi connectivity index (χ1v) is 7.99. The maximum Gasteiger partial charge on any atom is 0.195 e. The molecule has 25 heavy (non-hydrogen) atoms. The van der Waals surface area contributed by atoms with Gasteiger partial charge >= 0.3 is 0 Å². The van der Waals surface area contributed by atoms with E-state index in [9.17, 15) is 4.79 Å². The van der Waals surface area contributed by atoms with Crippen LogP contribution in [-0.4, -0.2) is 12.0 Å². The Labute approximate surface area is 150 Å². The highest BCUT2D eigenvalue weighted by molar-refractivity contribution is 6.31. The molecular weight excluding hydrogens is 332 g/mol. The van der Waals surface area contributed by atoms with Gasteiger partial charge in [0.2, 0.25) is 0 Å². The first kappa shape index (κ1) is 16.6. The molecule has 120 valence electrons. The predicted octanol–water partition coefficient (Wildman–Crippen LogP) is 5.19. The highest BCUT2D eigenvalue weighted by Crippen LogP contribution is 2.26. The standard InChI is InChI=1S/C21H13ClN2O/c22-18-10-11-20(24-14-16-8-6-15(13-23)7-9-16)19(12-18)21(25)17-4-2-1-3-5-17/h1-12,14H. The zero-order valence-corrected chi connectivity index (χ0v) is 13.9. The normalized spacial score (nSPS) is 10.6. The van der Waals surface area contributed by atoms with E-state index in [1.807, 2.05) is 18.2 Å². The average molecular weight is 345 g/mol. The molecule has 0 amide bonds. The number of hydrogen-bond acceptors (Lipinski definition) is 3. The first-order chi connectivity index (χ1) is 12.2. The van der Waals surface area contributed by atoms with Crippen molar-refractivity contribution in [2.75, 3.05) is 0 Å². The minimum atomic E-state index is -0.130. The summed E-state index contributed by atoms with van der Waals surface area (Å²) in [7, 11) is 0. The van der Waals surface area contributed by atoms with Gasteiger partial charge in [0.05, 0.1) is 17.3 Å². The van der Waals surface area contributed by atoms with Crippen LogP contribution in [0.4, 0.5) is 5.69 Å². The summed E-state index contributed by atoms with van der Waals surface area (Å²) >= 11 is 6.06. The van der Waals surface area contributed by atoms with Gasteiger partial charge in [0.1, 0.15) is 0 Å². The molecule has 3 nitrogen and oxygen atoms in total. The quantitative estimate of drug-likeness (QED) is 0.483. The average Bonchev–Trinajstić information content (AvgIpc) is 2.67. The second-order valence-corrected chi connectivity index (χ2v) is 5.79. The lowest BCUT2D eigenvalue weighted by molar-refractivity contribution is 0.103. The Morgan fingerprint density at radius 2 is 1.72 bits per heavy atom. The van der Waals surface area contributed by atoms with Crippen molar-refractivity contribution in [1.29, 1.82) is 5.26 Å². The molecule has 0 aliphatic carbocycles. The number of carbonyl (C=O) groups is 1. The van der Waals surface area contributed by atoms with E-state index in [4.69, 9.17) is 16.9 Å². The van der Waals surface area contributed by atoms with Gasteiger partial charge in [-0.05, 0) is 35.9 Å². The van der Waals surface area contributed by atoms with Crippen LogP contribution < -0.4 is 0 Å². The van der Waals surface area contributed by atoms with Gasteiger partial charge in [0.15, 0.2) is 5.78 Å². The fourth-order valence-electron chi connectivity index (χ4n) is 2.34. The van der Waals surface area contributed by atoms with Crippen LogP contribution in [0.25, 0.3) is 0 Å². The highest BCUT2D eigenvalue weighted by atomic mass is 35.5. The summed E-state index contributed by atoms with van der Waals surface area (Å²) in [6, 6.07) is 23.2. The van der Waals surface area contributed by atoms with Gasteiger partial charge in [0, 0.05) is 22.4 Å². The number of hydrogen-bond donors (Lipinski definition) is 0. The van der Waals surface area contributed by atoms with E-state index in [0.29, 0.717) is 27.4 Å².